The van der Waals surface area contributed by atoms with Gasteiger partial charge in [-0.2, -0.15) is 0 Å². The molecule has 3 atom stereocenters. The third-order valence-corrected chi connectivity index (χ3v) is 4.59. The van der Waals surface area contributed by atoms with Crippen LogP contribution in [0.25, 0.3) is 0 Å². The third kappa shape index (κ3) is 3.00. The molecule has 0 aliphatic carbocycles. The number of carbonyl (C=O) groups is 2. The zero-order valence-electron chi connectivity index (χ0n) is 13.1. The summed E-state index contributed by atoms with van der Waals surface area (Å²) in [4.78, 5) is 26.8. The van der Waals surface area contributed by atoms with E-state index in [1.54, 1.807) is 24.3 Å². The van der Waals surface area contributed by atoms with Gasteiger partial charge in [-0.05, 0) is 33.0 Å². The number of Topliss-reactive ketones (excluding diaryl/α,β-unsaturated/α-hetero) is 1. The van der Waals surface area contributed by atoms with E-state index >= 15 is 0 Å². The molecule has 114 valence electrons. The van der Waals surface area contributed by atoms with Crippen LogP contribution < -0.4 is 0 Å². The Balaban J connectivity index is 2.27. The average molecular weight is 289 g/mol. The van der Waals surface area contributed by atoms with Crippen molar-refractivity contribution >= 4 is 11.8 Å². The minimum absolute atomic E-state index is 0.0242. The largest absolute Gasteiger partial charge is 0.447 e. The second-order valence-electron chi connectivity index (χ2n) is 6.09. The molecule has 0 radical (unpaired) electrons. The number of esters is 1. The second-order valence-corrected chi connectivity index (χ2v) is 6.09. The maximum absolute atomic E-state index is 12.4. The van der Waals surface area contributed by atoms with Crippen LogP contribution in [0, 0.1) is 5.92 Å². The first-order valence-corrected chi connectivity index (χ1v) is 7.36. The lowest BCUT2D eigenvalue weighted by Crippen LogP contribution is -2.59. The predicted octanol–water partition coefficient (Wildman–Crippen LogP) is 2.53. The molecule has 0 saturated carbocycles. The van der Waals surface area contributed by atoms with Gasteiger partial charge in [0.25, 0.3) is 0 Å². The van der Waals surface area contributed by atoms with E-state index in [2.05, 4.69) is 11.8 Å². The maximum Gasteiger partial charge on any atom is 0.339 e. The van der Waals surface area contributed by atoms with E-state index in [1.807, 2.05) is 20.0 Å². The molecule has 4 nitrogen and oxygen atoms in total. The molecule has 1 aromatic rings. The van der Waals surface area contributed by atoms with Crippen molar-refractivity contribution in [2.45, 2.75) is 38.8 Å². The molecular formula is C17H23NO3. The standard InChI is InChI=1S/C17H23NO3/c1-12-11-18(4)13(2)10-17(12,14(3)19)21-16(20)15-8-6-5-7-9-15/h5-9,12-13H,10-11H2,1-4H3. The number of hydrogen-bond acceptors (Lipinski definition) is 4. The average Bonchev–Trinajstić information content (AvgIpc) is 2.45. The van der Waals surface area contributed by atoms with Gasteiger partial charge in [0.05, 0.1) is 5.56 Å². The zero-order valence-corrected chi connectivity index (χ0v) is 13.1. The van der Waals surface area contributed by atoms with Crippen molar-refractivity contribution in [2.24, 2.45) is 5.92 Å². The Labute approximate surface area is 126 Å². The lowest BCUT2D eigenvalue weighted by Gasteiger charge is -2.46. The molecule has 1 aliphatic rings. The molecule has 0 amide bonds. The van der Waals surface area contributed by atoms with Gasteiger partial charge >= 0.3 is 5.97 Å². The molecule has 2 rings (SSSR count). The van der Waals surface area contributed by atoms with Crippen LogP contribution in [0.4, 0.5) is 0 Å². The molecule has 0 spiro atoms. The number of ether oxygens (including phenoxy) is 1. The van der Waals surface area contributed by atoms with Gasteiger partial charge in [0.1, 0.15) is 0 Å². The number of likely N-dealkylation sites (tertiary alicyclic amines) is 1. The molecular weight excluding hydrogens is 266 g/mol. The number of piperidine rings is 1. The van der Waals surface area contributed by atoms with Crippen molar-refractivity contribution in [1.82, 2.24) is 4.90 Å². The minimum Gasteiger partial charge on any atom is -0.447 e. The van der Waals surface area contributed by atoms with Gasteiger partial charge < -0.3 is 9.64 Å². The van der Waals surface area contributed by atoms with Gasteiger partial charge in [0.15, 0.2) is 11.4 Å². The molecule has 4 heteroatoms. The molecule has 0 bridgehead atoms. The van der Waals surface area contributed by atoms with Crippen LogP contribution in [0.2, 0.25) is 0 Å². The first-order chi connectivity index (χ1) is 9.86. The van der Waals surface area contributed by atoms with Gasteiger partial charge in [-0.3, -0.25) is 4.79 Å². The summed E-state index contributed by atoms with van der Waals surface area (Å²) in [5, 5.41) is 0. The van der Waals surface area contributed by atoms with E-state index < -0.39 is 11.6 Å². The lowest BCUT2D eigenvalue weighted by molar-refractivity contribution is -0.151. The summed E-state index contributed by atoms with van der Waals surface area (Å²) in [6.07, 6.45) is 0.540. The van der Waals surface area contributed by atoms with Gasteiger partial charge in [0, 0.05) is 24.9 Å². The summed E-state index contributed by atoms with van der Waals surface area (Å²) in [6.45, 7) is 6.29. The van der Waals surface area contributed by atoms with Crippen molar-refractivity contribution in [3.8, 4) is 0 Å². The molecule has 3 unspecified atom stereocenters. The summed E-state index contributed by atoms with van der Waals surface area (Å²) in [5.41, 5.74) is -0.532. The highest BCUT2D eigenvalue weighted by Gasteiger charge is 2.49. The highest BCUT2D eigenvalue weighted by molar-refractivity contribution is 5.94. The van der Waals surface area contributed by atoms with Crippen molar-refractivity contribution in [3.05, 3.63) is 35.9 Å². The SMILES string of the molecule is CC(=O)C1(OC(=O)c2ccccc2)CC(C)N(C)CC1C. The molecule has 1 aromatic carbocycles. The van der Waals surface area contributed by atoms with Crippen LogP contribution in [0.15, 0.2) is 30.3 Å². The molecule has 1 heterocycles. The van der Waals surface area contributed by atoms with Crippen molar-refractivity contribution in [3.63, 3.8) is 0 Å². The second kappa shape index (κ2) is 5.98. The Morgan fingerprint density at radius 2 is 1.86 bits per heavy atom. The molecule has 1 saturated heterocycles. The number of rotatable bonds is 3. The number of hydrogen-bond donors (Lipinski definition) is 0. The zero-order chi connectivity index (χ0) is 15.6. The molecule has 21 heavy (non-hydrogen) atoms. The summed E-state index contributed by atoms with van der Waals surface area (Å²) in [7, 11) is 2.03. The van der Waals surface area contributed by atoms with Crippen LogP contribution >= 0.6 is 0 Å². The number of benzene rings is 1. The highest BCUT2D eigenvalue weighted by atomic mass is 16.6. The third-order valence-electron chi connectivity index (χ3n) is 4.59. The number of nitrogens with zero attached hydrogens (tertiary/aromatic N) is 1. The van der Waals surface area contributed by atoms with Gasteiger partial charge in [-0.1, -0.05) is 25.1 Å². The summed E-state index contributed by atoms with van der Waals surface area (Å²) < 4.78 is 5.74. The summed E-state index contributed by atoms with van der Waals surface area (Å²) >= 11 is 0. The van der Waals surface area contributed by atoms with Gasteiger partial charge in [0.2, 0.25) is 0 Å². The summed E-state index contributed by atoms with van der Waals surface area (Å²) in [5.74, 6) is -0.516. The van der Waals surface area contributed by atoms with Crippen molar-refractivity contribution in [1.29, 1.82) is 0 Å². The van der Waals surface area contributed by atoms with Gasteiger partial charge in [-0.25, -0.2) is 4.79 Å². The number of carbonyl (C=O) groups excluding carboxylic acids is 2. The number of ketones is 1. The monoisotopic (exact) mass is 289 g/mol. The highest BCUT2D eigenvalue weighted by Crippen LogP contribution is 2.36. The normalized spacial score (nSPS) is 29.9. The maximum atomic E-state index is 12.4. The van der Waals surface area contributed by atoms with Crippen molar-refractivity contribution in [2.75, 3.05) is 13.6 Å². The lowest BCUT2D eigenvalue weighted by atomic mass is 9.76. The first-order valence-electron chi connectivity index (χ1n) is 7.36. The van der Waals surface area contributed by atoms with Crippen molar-refractivity contribution < 1.29 is 14.3 Å². The fraction of sp³-hybridized carbons (Fsp3) is 0.529. The van der Waals surface area contributed by atoms with E-state index in [4.69, 9.17) is 4.74 Å². The van der Waals surface area contributed by atoms with E-state index in [0.717, 1.165) is 6.54 Å². The molecule has 1 aliphatic heterocycles. The Kier molecular flexibility index (Phi) is 4.47. The van der Waals surface area contributed by atoms with Crippen LogP contribution in [0.5, 0.6) is 0 Å². The fourth-order valence-corrected chi connectivity index (χ4v) is 3.06. The fourth-order valence-electron chi connectivity index (χ4n) is 3.06. The molecule has 0 N–H and O–H groups in total. The Hall–Kier alpha value is -1.68. The van der Waals surface area contributed by atoms with Crippen LogP contribution in [-0.2, 0) is 9.53 Å². The molecule has 0 aromatic heterocycles. The summed E-state index contributed by atoms with van der Waals surface area (Å²) in [6, 6.07) is 9.04. The minimum atomic E-state index is -1.02. The van der Waals surface area contributed by atoms with Crippen LogP contribution in [-0.4, -0.2) is 41.9 Å². The Morgan fingerprint density at radius 1 is 1.24 bits per heavy atom. The van der Waals surface area contributed by atoms with E-state index in [-0.39, 0.29) is 17.7 Å². The van der Waals surface area contributed by atoms with E-state index in [9.17, 15) is 9.59 Å². The quantitative estimate of drug-likeness (QED) is 0.802. The van der Waals surface area contributed by atoms with E-state index in [1.165, 1.54) is 6.92 Å². The van der Waals surface area contributed by atoms with E-state index in [0.29, 0.717) is 12.0 Å². The van der Waals surface area contributed by atoms with Crippen LogP contribution in [0.3, 0.4) is 0 Å². The topological polar surface area (TPSA) is 46.6 Å². The Bertz CT molecular complexity index is 528. The van der Waals surface area contributed by atoms with Gasteiger partial charge in [-0.15, -0.1) is 0 Å². The smallest absolute Gasteiger partial charge is 0.339 e. The Morgan fingerprint density at radius 3 is 2.43 bits per heavy atom. The van der Waals surface area contributed by atoms with Crippen LogP contribution in [0.1, 0.15) is 37.6 Å². The first kappa shape index (κ1) is 15.7. The predicted molar refractivity (Wildman–Crippen MR) is 81.1 cm³/mol. The molecule has 1 fully saturated rings.